The van der Waals surface area contributed by atoms with E-state index in [0.717, 1.165) is 11.1 Å². The second kappa shape index (κ2) is 7.17. The van der Waals surface area contributed by atoms with Crippen LogP contribution in [-0.4, -0.2) is 28.1 Å². The van der Waals surface area contributed by atoms with E-state index < -0.39 is 12.6 Å². The molecular weight excluding hydrogens is 355 g/mol. The standard InChI is InChI=1S/C17H17ClF3N3O/c1-24-10-11-4-2-6-14(25-16-22-8-12(18)9-23-16)15(11)13(24)5-3-7-17(19,20)21/h2,4,6,8-9,13H,3,5,7,10H2,1H3. The van der Waals surface area contributed by atoms with Crippen LogP contribution in [0, 0.1) is 0 Å². The smallest absolute Gasteiger partial charge is 0.389 e. The monoisotopic (exact) mass is 371 g/mol. The number of ether oxygens (including phenoxy) is 1. The highest BCUT2D eigenvalue weighted by atomic mass is 35.5. The fourth-order valence-corrected chi connectivity index (χ4v) is 3.20. The van der Waals surface area contributed by atoms with Crippen LogP contribution in [0.5, 0.6) is 11.8 Å². The predicted molar refractivity (Wildman–Crippen MR) is 87.7 cm³/mol. The summed E-state index contributed by atoms with van der Waals surface area (Å²) in [7, 11) is 1.90. The molecule has 1 unspecified atom stereocenters. The van der Waals surface area contributed by atoms with Gasteiger partial charge in [0.15, 0.2) is 0 Å². The number of rotatable bonds is 5. The van der Waals surface area contributed by atoms with Crippen molar-refractivity contribution in [2.75, 3.05) is 7.05 Å². The van der Waals surface area contributed by atoms with Gasteiger partial charge in [-0.05, 0) is 31.5 Å². The van der Waals surface area contributed by atoms with Crippen LogP contribution in [0.3, 0.4) is 0 Å². The van der Waals surface area contributed by atoms with Crippen molar-refractivity contribution in [3.05, 3.63) is 46.7 Å². The van der Waals surface area contributed by atoms with Crippen molar-refractivity contribution in [3.63, 3.8) is 0 Å². The minimum absolute atomic E-state index is 0.0731. The zero-order valence-corrected chi connectivity index (χ0v) is 14.3. The molecule has 1 aliphatic rings. The number of hydrogen-bond acceptors (Lipinski definition) is 4. The van der Waals surface area contributed by atoms with Gasteiger partial charge in [0.05, 0.1) is 17.4 Å². The molecule has 1 aliphatic heterocycles. The summed E-state index contributed by atoms with van der Waals surface area (Å²) in [4.78, 5) is 10.1. The summed E-state index contributed by atoms with van der Waals surface area (Å²) in [6.45, 7) is 0.671. The van der Waals surface area contributed by atoms with Gasteiger partial charge in [-0.1, -0.05) is 23.7 Å². The molecule has 1 aromatic heterocycles. The summed E-state index contributed by atoms with van der Waals surface area (Å²) < 4.78 is 43.1. The fraction of sp³-hybridized carbons (Fsp3) is 0.412. The average Bonchev–Trinajstić information content (AvgIpc) is 2.85. The third-order valence-electron chi connectivity index (χ3n) is 4.18. The first-order valence-electron chi connectivity index (χ1n) is 7.87. The van der Waals surface area contributed by atoms with Crippen molar-refractivity contribution in [3.8, 4) is 11.8 Å². The molecule has 2 aromatic rings. The number of nitrogens with zero attached hydrogens (tertiary/aromatic N) is 3. The van der Waals surface area contributed by atoms with Gasteiger partial charge in [-0.25, -0.2) is 9.97 Å². The van der Waals surface area contributed by atoms with Crippen molar-refractivity contribution in [2.24, 2.45) is 0 Å². The van der Waals surface area contributed by atoms with Gasteiger partial charge in [0.25, 0.3) is 0 Å². The first-order valence-corrected chi connectivity index (χ1v) is 8.25. The summed E-state index contributed by atoms with van der Waals surface area (Å²) in [6.07, 6.45) is -1.57. The Kier molecular flexibility index (Phi) is 5.15. The molecule has 3 rings (SSSR count). The van der Waals surface area contributed by atoms with Crippen LogP contribution < -0.4 is 4.74 Å². The zero-order valence-electron chi connectivity index (χ0n) is 13.6. The Balaban J connectivity index is 1.80. The quantitative estimate of drug-likeness (QED) is 0.729. The highest BCUT2D eigenvalue weighted by Gasteiger charge is 2.33. The van der Waals surface area contributed by atoms with Gasteiger partial charge < -0.3 is 4.74 Å². The molecule has 0 N–H and O–H groups in total. The normalized spacial score (nSPS) is 17.6. The second-order valence-corrected chi connectivity index (χ2v) is 6.49. The van der Waals surface area contributed by atoms with Gasteiger partial charge in [0.1, 0.15) is 5.75 Å². The number of halogens is 4. The van der Waals surface area contributed by atoms with Crippen molar-refractivity contribution < 1.29 is 17.9 Å². The first kappa shape index (κ1) is 17.9. The molecule has 0 bridgehead atoms. The Morgan fingerprint density at radius 2 is 2.00 bits per heavy atom. The fourth-order valence-electron chi connectivity index (χ4n) is 3.11. The third-order valence-corrected chi connectivity index (χ3v) is 4.37. The zero-order chi connectivity index (χ0) is 18.0. The Bertz CT molecular complexity index is 737. The Morgan fingerprint density at radius 1 is 1.28 bits per heavy atom. The lowest BCUT2D eigenvalue weighted by molar-refractivity contribution is -0.136. The van der Waals surface area contributed by atoms with Crippen LogP contribution in [0.15, 0.2) is 30.6 Å². The van der Waals surface area contributed by atoms with Crippen molar-refractivity contribution in [1.82, 2.24) is 14.9 Å². The molecule has 2 heterocycles. The number of alkyl halides is 3. The van der Waals surface area contributed by atoms with E-state index in [-0.39, 0.29) is 18.5 Å². The van der Waals surface area contributed by atoms with Crippen molar-refractivity contribution >= 4 is 11.6 Å². The molecule has 0 saturated carbocycles. The molecule has 134 valence electrons. The molecule has 0 amide bonds. The molecule has 0 radical (unpaired) electrons. The molecule has 4 nitrogen and oxygen atoms in total. The summed E-state index contributed by atoms with van der Waals surface area (Å²) in [5, 5.41) is 0.399. The molecule has 8 heteroatoms. The molecule has 0 saturated heterocycles. The van der Waals surface area contributed by atoms with Gasteiger partial charge in [0, 0.05) is 24.6 Å². The molecule has 0 spiro atoms. The lowest BCUT2D eigenvalue weighted by Gasteiger charge is -2.22. The minimum atomic E-state index is -4.13. The van der Waals surface area contributed by atoms with Crippen LogP contribution in [0.1, 0.15) is 36.4 Å². The van der Waals surface area contributed by atoms with Gasteiger partial charge in [-0.15, -0.1) is 0 Å². The topological polar surface area (TPSA) is 38.2 Å². The highest BCUT2D eigenvalue weighted by Crippen LogP contribution is 2.43. The van der Waals surface area contributed by atoms with E-state index in [2.05, 4.69) is 9.97 Å². The number of aromatic nitrogens is 2. The Hall–Kier alpha value is -1.86. The molecule has 1 aromatic carbocycles. The van der Waals surface area contributed by atoms with E-state index >= 15 is 0 Å². The second-order valence-electron chi connectivity index (χ2n) is 6.05. The highest BCUT2D eigenvalue weighted by molar-refractivity contribution is 6.30. The van der Waals surface area contributed by atoms with Gasteiger partial charge in [-0.2, -0.15) is 13.2 Å². The van der Waals surface area contributed by atoms with Gasteiger partial charge >= 0.3 is 12.2 Å². The Morgan fingerprint density at radius 3 is 2.68 bits per heavy atom. The lowest BCUT2D eigenvalue weighted by atomic mass is 9.99. The van der Waals surface area contributed by atoms with Crippen LogP contribution in [0.4, 0.5) is 13.2 Å². The van der Waals surface area contributed by atoms with E-state index in [4.69, 9.17) is 16.3 Å². The average molecular weight is 372 g/mol. The predicted octanol–water partition coefficient (Wildman–Crippen LogP) is 5.14. The van der Waals surface area contributed by atoms with Crippen molar-refractivity contribution in [2.45, 2.75) is 38.0 Å². The van der Waals surface area contributed by atoms with E-state index in [1.807, 2.05) is 24.1 Å². The summed E-state index contributed by atoms with van der Waals surface area (Å²) in [5.74, 6) is 0.571. The minimum Gasteiger partial charge on any atom is -0.424 e. The van der Waals surface area contributed by atoms with E-state index in [0.29, 0.717) is 23.7 Å². The van der Waals surface area contributed by atoms with E-state index in [9.17, 15) is 13.2 Å². The summed E-state index contributed by atoms with van der Waals surface area (Å²) in [6, 6.07) is 5.63. The molecule has 25 heavy (non-hydrogen) atoms. The van der Waals surface area contributed by atoms with E-state index in [1.54, 1.807) is 6.07 Å². The van der Waals surface area contributed by atoms with Crippen molar-refractivity contribution in [1.29, 1.82) is 0 Å². The summed E-state index contributed by atoms with van der Waals surface area (Å²) in [5.41, 5.74) is 1.96. The van der Waals surface area contributed by atoms with E-state index in [1.165, 1.54) is 12.4 Å². The maximum absolute atomic E-state index is 12.5. The number of hydrogen-bond donors (Lipinski definition) is 0. The SMILES string of the molecule is CN1Cc2cccc(Oc3ncc(Cl)cn3)c2C1CCCC(F)(F)F. The largest absolute Gasteiger partial charge is 0.424 e. The number of benzene rings is 1. The number of fused-ring (bicyclic) bond motifs is 1. The Labute approximate surface area is 148 Å². The maximum atomic E-state index is 12.5. The van der Waals surface area contributed by atoms with Crippen LogP contribution >= 0.6 is 11.6 Å². The molecule has 0 aliphatic carbocycles. The first-order chi connectivity index (χ1) is 11.8. The van der Waals surface area contributed by atoms with Gasteiger partial charge in [-0.3, -0.25) is 4.90 Å². The van der Waals surface area contributed by atoms with Crippen LogP contribution in [0.2, 0.25) is 5.02 Å². The molecule has 1 atom stereocenters. The summed E-state index contributed by atoms with van der Waals surface area (Å²) >= 11 is 5.77. The molecular formula is C17H17ClF3N3O. The molecule has 0 fully saturated rings. The third kappa shape index (κ3) is 4.41. The van der Waals surface area contributed by atoms with Gasteiger partial charge in [0.2, 0.25) is 0 Å². The van der Waals surface area contributed by atoms with Crippen LogP contribution in [-0.2, 0) is 6.54 Å². The lowest BCUT2D eigenvalue weighted by Crippen LogP contribution is -2.18. The van der Waals surface area contributed by atoms with Crippen LogP contribution in [0.25, 0.3) is 0 Å². The maximum Gasteiger partial charge on any atom is 0.389 e.